The molecular weight excluding hydrogens is 309 g/mol. The first-order chi connectivity index (χ1) is 10.5. The van der Waals surface area contributed by atoms with Crippen molar-refractivity contribution in [1.29, 1.82) is 0 Å². The number of carbonyl (C=O) groups excluding carboxylic acids is 3. The van der Waals surface area contributed by atoms with Gasteiger partial charge in [-0.15, -0.1) is 11.8 Å². The van der Waals surface area contributed by atoms with Crippen molar-refractivity contribution in [3.05, 3.63) is 35.6 Å². The molecule has 2 heterocycles. The standard InChI is InChI=1S/C15H14FNO4S/c1-2-21-15(20)11-12(18)10-7-22-14(17(10)13(11)19)8-3-5-9(16)6-4-8/h3-6,10-11,14H,2,7H2,1H3/t10-,11?,14-/m1/s1. The molecule has 5 nitrogen and oxygen atoms in total. The number of amides is 1. The van der Waals surface area contributed by atoms with E-state index in [1.54, 1.807) is 19.1 Å². The summed E-state index contributed by atoms with van der Waals surface area (Å²) in [6.07, 6.45) is 0. The number of halogens is 1. The number of Topliss-reactive ketones (excluding diaryl/α,β-unsaturated/α-hetero) is 1. The minimum Gasteiger partial charge on any atom is -0.465 e. The first-order valence-electron chi connectivity index (χ1n) is 6.94. The van der Waals surface area contributed by atoms with E-state index in [2.05, 4.69) is 0 Å². The highest BCUT2D eigenvalue weighted by atomic mass is 32.2. The molecule has 2 saturated heterocycles. The molecule has 0 bridgehead atoms. The van der Waals surface area contributed by atoms with Crippen molar-refractivity contribution in [3.63, 3.8) is 0 Å². The van der Waals surface area contributed by atoms with Gasteiger partial charge in [-0.25, -0.2) is 4.39 Å². The number of thioether (sulfide) groups is 1. The van der Waals surface area contributed by atoms with Gasteiger partial charge in [0.2, 0.25) is 5.91 Å². The lowest BCUT2D eigenvalue weighted by Crippen LogP contribution is -2.33. The van der Waals surface area contributed by atoms with E-state index in [1.165, 1.54) is 28.8 Å². The van der Waals surface area contributed by atoms with E-state index in [4.69, 9.17) is 4.74 Å². The summed E-state index contributed by atoms with van der Waals surface area (Å²) < 4.78 is 17.9. The van der Waals surface area contributed by atoms with Gasteiger partial charge in [-0.05, 0) is 24.6 Å². The molecule has 2 fully saturated rings. The van der Waals surface area contributed by atoms with Gasteiger partial charge in [-0.1, -0.05) is 12.1 Å². The van der Waals surface area contributed by atoms with Crippen LogP contribution in [0.4, 0.5) is 4.39 Å². The number of rotatable bonds is 3. The number of esters is 1. The zero-order valence-electron chi connectivity index (χ0n) is 11.8. The van der Waals surface area contributed by atoms with E-state index in [9.17, 15) is 18.8 Å². The minimum absolute atomic E-state index is 0.122. The number of benzene rings is 1. The lowest BCUT2D eigenvalue weighted by Gasteiger charge is -2.22. The van der Waals surface area contributed by atoms with Gasteiger partial charge in [-0.2, -0.15) is 0 Å². The third-order valence-corrected chi connectivity index (χ3v) is 5.12. The molecule has 116 valence electrons. The van der Waals surface area contributed by atoms with Crippen molar-refractivity contribution >= 4 is 29.4 Å². The molecule has 1 aromatic rings. The molecule has 0 aromatic heterocycles. The first kappa shape index (κ1) is 15.0. The van der Waals surface area contributed by atoms with Crippen LogP contribution in [0.1, 0.15) is 17.9 Å². The van der Waals surface area contributed by atoms with Gasteiger partial charge in [0.15, 0.2) is 11.7 Å². The molecule has 0 N–H and O–H groups in total. The fraction of sp³-hybridized carbons (Fsp3) is 0.400. The van der Waals surface area contributed by atoms with Crippen molar-refractivity contribution in [2.24, 2.45) is 5.92 Å². The molecule has 0 radical (unpaired) electrons. The highest BCUT2D eigenvalue weighted by molar-refractivity contribution is 7.99. The lowest BCUT2D eigenvalue weighted by atomic mass is 10.0. The van der Waals surface area contributed by atoms with Crippen molar-refractivity contribution < 1.29 is 23.5 Å². The zero-order chi connectivity index (χ0) is 15.9. The normalized spacial score (nSPS) is 27.2. The number of carbonyl (C=O) groups is 3. The molecular formula is C15H14FNO4S. The van der Waals surface area contributed by atoms with Gasteiger partial charge in [0.25, 0.3) is 0 Å². The van der Waals surface area contributed by atoms with Gasteiger partial charge in [0, 0.05) is 5.75 Å². The number of ketones is 1. The van der Waals surface area contributed by atoms with Crippen LogP contribution in [0.3, 0.4) is 0 Å². The Morgan fingerprint density at radius 1 is 1.36 bits per heavy atom. The van der Waals surface area contributed by atoms with E-state index in [1.807, 2.05) is 0 Å². The van der Waals surface area contributed by atoms with Gasteiger partial charge < -0.3 is 9.64 Å². The number of fused-ring (bicyclic) bond motifs is 1. The number of hydrogen-bond donors (Lipinski definition) is 0. The molecule has 1 aromatic carbocycles. The quantitative estimate of drug-likeness (QED) is 0.623. The van der Waals surface area contributed by atoms with Crippen molar-refractivity contribution in [1.82, 2.24) is 4.90 Å². The molecule has 22 heavy (non-hydrogen) atoms. The molecule has 7 heteroatoms. The van der Waals surface area contributed by atoms with Gasteiger partial charge >= 0.3 is 5.97 Å². The smallest absolute Gasteiger partial charge is 0.326 e. The summed E-state index contributed by atoms with van der Waals surface area (Å²) >= 11 is 1.44. The fourth-order valence-electron chi connectivity index (χ4n) is 2.78. The third-order valence-electron chi connectivity index (χ3n) is 3.79. The van der Waals surface area contributed by atoms with Crippen LogP contribution in [0.5, 0.6) is 0 Å². The van der Waals surface area contributed by atoms with Gasteiger partial charge in [-0.3, -0.25) is 14.4 Å². The molecule has 1 unspecified atom stereocenters. The monoisotopic (exact) mass is 323 g/mol. The second-order valence-corrected chi connectivity index (χ2v) is 6.20. The van der Waals surface area contributed by atoms with Crippen LogP contribution in [0.25, 0.3) is 0 Å². The minimum atomic E-state index is -1.35. The molecule has 1 amide bonds. The molecule has 0 spiro atoms. The van der Waals surface area contributed by atoms with E-state index in [0.717, 1.165) is 5.56 Å². The average Bonchev–Trinajstić information content (AvgIpc) is 3.02. The van der Waals surface area contributed by atoms with Crippen LogP contribution < -0.4 is 0 Å². The third kappa shape index (κ3) is 2.29. The maximum atomic E-state index is 13.0. The summed E-state index contributed by atoms with van der Waals surface area (Å²) in [6.45, 7) is 1.75. The Morgan fingerprint density at radius 3 is 2.68 bits per heavy atom. The Bertz CT molecular complexity index is 633. The molecule has 3 rings (SSSR count). The Morgan fingerprint density at radius 2 is 2.05 bits per heavy atom. The van der Waals surface area contributed by atoms with Crippen LogP contribution >= 0.6 is 11.8 Å². The van der Waals surface area contributed by atoms with Crippen molar-refractivity contribution in [2.45, 2.75) is 18.3 Å². The highest BCUT2D eigenvalue weighted by Crippen LogP contribution is 2.46. The summed E-state index contributed by atoms with van der Waals surface area (Å²) in [6, 6.07) is 5.19. The Kier molecular flexibility index (Phi) is 3.90. The highest BCUT2D eigenvalue weighted by Gasteiger charge is 2.57. The molecule has 3 atom stereocenters. The van der Waals surface area contributed by atoms with Crippen LogP contribution in [0.15, 0.2) is 24.3 Å². The van der Waals surface area contributed by atoms with E-state index >= 15 is 0 Å². The fourth-order valence-corrected chi connectivity index (χ4v) is 4.24. The Labute approximate surface area is 130 Å². The van der Waals surface area contributed by atoms with E-state index in [-0.39, 0.29) is 17.8 Å². The summed E-state index contributed by atoms with van der Waals surface area (Å²) in [7, 11) is 0. The first-order valence-corrected chi connectivity index (χ1v) is 7.99. The predicted octanol–water partition coefficient (Wildman–Crippen LogP) is 1.53. The number of ether oxygens (including phenoxy) is 1. The van der Waals surface area contributed by atoms with Gasteiger partial charge in [0.05, 0.1) is 6.61 Å². The summed E-state index contributed by atoms with van der Waals surface area (Å²) in [5.41, 5.74) is 0.736. The lowest BCUT2D eigenvalue weighted by molar-refractivity contribution is -0.154. The predicted molar refractivity (Wildman–Crippen MR) is 77.4 cm³/mol. The van der Waals surface area contributed by atoms with E-state index in [0.29, 0.717) is 5.75 Å². The Hall–Kier alpha value is -1.89. The summed E-state index contributed by atoms with van der Waals surface area (Å²) in [4.78, 5) is 38.1. The molecule has 0 aliphatic carbocycles. The average molecular weight is 323 g/mol. The Balaban J connectivity index is 1.88. The van der Waals surface area contributed by atoms with E-state index < -0.39 is 29.6 Å². The summed E-state index contributed by atoms with van der Waals surface area (Å²) in [5.74, 6) is -2.99. The maximum absolute atomic E-state index is 13.0. The maximum Gasteiger partial charge on any atom is 0.326 e. The zero-order valence-corrected chi connectivity index (χ0v) is 12.6. The molecule has 2 aliphatic heterocycles. The second kappa shape index (κ2) is 5.72. The van der Waals surface area contributed by atoms with Crippen molar-refractivity contribution in [3.8, 4) is 0 Å². The van der Waals surface area contributed by atoms with Crippen molar-refractivity contribution in [2.75, 3.05) is 12.4 Å². The second-order valence-electron chi connectivity index (χ2n) is 5.09. The number of nitrogens with zero attached hydrogens (tertiary/aromatic N) is 1. The van der Waals surface area contributed by atoms with Gasteiger partial charge in [0.1, 0.15) is 17.2 Å². The largest absolute Gasteiger partial charge is 0.465 e. The van der Waals surface area contributed by atoms with Crippen LogP contribution in [-0.4, -0.2) is 41.0 Å². The molecule has 0 saturated carbocycles. The SMILES string of the molecule is CCOC(=O)C1C(=O)[C@H]2CS[C@H](c3ccc(F)cc3)N2C1=O. The summed E-state index contributed by atoms with van der Waals surface area (Å²) in [5, 5.41) is -0.374. The van der Waals surface area contributed by atoms with Crippen LogP contribution in [0, 0.1) is 11.7 Å². The van der Waals surface area contributed by atoms with Crippen LogP contribution in [0.2, 0.25) is 0 Å². The molecule has 2 aliphatic rings. The number of hydrogen-bond acceptors (Lipinski definition) is 5. The van der Waals surface area contributed by atoms with Crippen LogP contribution in [-0.2, 0) is 19.1 Å². The topological polar surface area (TPSA) is 63.7 Å².